The standard InChI is InChI=1S/C19H34N4O3/c24-18(20-7-10-22-11-13-26-14-12-22)19(25)21-15-16-5-8-23(9-6-16)17-3-1-2-4-17/h16-17H,1-15H2,(H,20,24)(H,21,25). The normalized spacial score (nSPS) is 23.8. The van der Waals surface area contributed by atoms with Crippen molar-refractivity contribution in [1.82, 2.24) is 20.4 Å². The van der Waals surface area contributed by atoms with Crippen molar-refractivity contribution in [2.45, 2.75) is 44.6 Å². The zero-order valence-electron chi connectivity index (χ0n) is 15.9. The number of morpholine rings is 1. The summed E-state index contributed by atoms with van der Waals surface area (Å²) in [6, 6.07) is 0.794. The summed E-state index contributed by atoms with van der Waals surface area (Å²) in [4.78, 5) is 28.7. The molecule has 7 nitrogen and oxygen atoms in total. The van der Waals surface area contributed by atoms with Gasteiger partial charge in [0, 0.05) is 38.8 Å². The lowest BCUT2D eigenvalue weighted by Crippen LogP contribution is -2.47. The highest BCUT2D eigenvalue weighted by Gasteiger charge is 2.27. The second-order valence-corrected chi connectivity index (χ2v) is 7.84. The van der Waals surface area contributed by atoms with Crippen LogP contribution in [-0.4, -0.2) is 86.7 Å². The fourth-order valence-electron chi connectivity index (χ4n) is 4.34. The van der Waals surface area contributed by atoms with Crippen molar-refractivity contribution in [3.05, 3.63) is 0 Å². The Kier molecular flexibility index (Phi) is 7.70. The zero-order valence-corrected chi connectivity index (χ0v) is 15.9. The highest BCUT2D eigenvalue weighted by molar-refractivity contribution is 6.35. The summed E-state index contributed by atoms with van der Waals surface area (Å²) in [5.41, 5.74) is 0. The van der Waals surface area contributed by atoms with Crippen LogP contribution in [0.3, 0.4) is 0 Å². The number of nitrogens with zero attached hydrogens (tertiary/aromatic N) is 2. The maximum Gasteiger partial charge on any atom is 0.309 e. The lowest BCUT2D eigenvalue weighted by Gasteiger charge is -2.36. The minimum Gasteiger partial charge on any atom is -0.379 e. The number of carbonyl (C=O) groups excluding carboxylic acids is 2. The third-order valence-electron chi connectivity index (χ3n) is 6.07. The Morgan fingerprint density at radius 2 is 1.54 bits per heavy atom. The van der Waals surface area contributed by atoms with E-state index in [0.717, 1.165) is 64.8 Å². The molecule has 0 aromatic rings. The first-order valence-electron chi connectivity index (χ1n) is 10.3. The molecule has 2 aliphatic heterocycles. The molecular weight excluding hydrogens is 332 g/mol. The topological polar surface area (TPSA) is 73.9 Å². The molecule has 1 aliphatic carbocycles. The maximum absolute atomic E-state index is 12.0. The molecule has 0 bridgehead atoms. The minimum atomic E-state index is -0.512. The van der Waals surface area contributed by atoms with Gasteiger partial charge in [-0.2, -0.15) is 0 Å². The van der Waals surface area contributed by atoms with Crippen molar-refractivity contribution in [2.24, 2.45) is 5.92 Å². The molecule has 2 N–H and O–H groups in total. The van der Waals surface area contributed by atoms with Gasteiger partial charge in [0.25, 0.3) is 0 Å². The summed E-state index contributed by atoms with van der Waals surface area (Å²) in [5.74, 6) is -0.510. The van der Waals surface area contributed by atoms with Crippen molar-refractivity contribution >= 4 is 11.8 Å². The van der Waals surface area contributed by atoms with Crippen LogP contribution in [0.1, 0.15) is 38.5 Å². The number of nitrogens with one attached hydrogen (secondary N) is 2. The largest absolute Gasteiger partial charge is 0.379 e. The maximum atomic E-state index is 12.0. The first-order chi connectivity index (χ1) is 12.7. The van der Waals surface area contributed by atoms with Crippen LogP contribution in [0.2, 0.25) is 0 Å². The van der Waals surface area contributed by atoms with Crippen molar-refractivity contribution in [3.8, 4) is 0 Å². The summed E-state index contributed by atoms with van der Waals surface area (Å²) >= 11 is 0. The third-order valence-corrected chi connectivity index (χ3v) is 6.07. The van der Waals surface area contributed by atoms with Crippen molar-refractivity contribution < 1.29 is 14.3 Å². The van der Waals surface area contributed by atoms with E-state index in [2.05, 4.69) is 20.4 Å². The number of ether oxygens (including phenoxy) is 1. The van der Waals surface area contributed by atoms with Gasteiger partial charge >= 0.3 is 11.8 Å². The number of likely N-dealkylation sites (tertiary alicyclic amines) is 1. The van der Waals surface area contributed by atoms with Gasteiger partial charge in [-0.3, -0.25) is 14.5 Å². The van der Waals surface area contributed by atoms with Crippen molar-refractivity contribution in [1.29, 1.82) is 0 Å². The van der Waals surface area contributed by atoms with Crippen LogP contribution >= 0.6 is 0 Å². The predicted octanol–water partition coefficient (Wildman–Crippen LogP) is 0.206. The molecule has 7 heteroatoms. The van der Waals surface area contributed by atoms with E-state index in [0.29, 0.717) is 19.0 Å². The number of hydrogen-bond donors (Lipinski definition) is 2. The molecule has 26 heavy (non-hydrogen) atoms. The Labute approximate surface area is 156 Å². The lowest BCUT2D eigenvalue weighted by atomic mass is 9.95. The molecule has 1 saturated carbocycles. The number of piperidine rings is 1. The van der Waals surface area contributed by atoms with Crippen LogP contribution in [0, 0.1) is 5.92 Å². The van der Waals surface area contributed by atoms with Gasteiger partial charge in [0.2, 0.25) is 0 Å². The van der Waals surface area contributed by atoms with E-state index in [4.69, 9.17) is 4.74 Å². The Morgan fingerprint density at radius 3 is 2.23 bits per heavy atom. The van der Waals surface area contributed by atoms with Crippen LogP contribution < -0.4 is 10.6 Å². The molecule has 3 fully saturated rings. The monoisotopic (exact) mass is 366 g/mol. The van der Waals surface area contributed by atoms with Crippen LogP contribution in [0.15, 0.2) is 0 Å². The number of rotatable bonds is 6. The lowest BCUT2D eigenvalue weighted by molar-refractivity contribution is -0.139. The van der Waals surface area contributed by atoms with Crippen LogP contribution in [0.25, 0.3) is 0 Å². The molecule has 2 amide bonds. The zero-order chi connectivity index (χ0) is 18.2. The molecule has 148 valence electrons. The Bertz CT molecular complexity index is 454. The van der Waals surface area contributed by atoms with Crippen molar-refractivity contribution in [3.63, 3.8) is 0 Å². The van der Waals surface area contributed by atoms with Gasteiger partial charge in [-0.1, -0.05) is 12.8 Å². The molecule has 0 unspecified atom stereocenters. The average molecular weight is 367 g/mol. The van der Waals surface area contributed by atoms with E-state index < -0.39 is 11.8 Å². The van der Waals surface area contributed by atoms with Crippen molar-refractivity contribution in [2.75, 3.05) is 59.0 Å². The smallest absolute Gasteiger partial charge is 0.309 e. The van der Waals surface area contributed by atoms with Crippen LogP contribution in [0.5, 0.6) is 0 Å². The van der Waals surface area contributed by atoms with Crippen LogP contribution in [-0.2, 0) is 14.3 Å². The van der Waals surface area contributed by atoms with Gasteiger partial charge in [-0.05, 0) is 44.7 Å². The Balaban J connectivity index is 1.25. The van der Waals surface area contributed by atoms with E-state index in [-0.39, 0.29) is 0 Å². The summed E-state index contributed by atoms with van der Waals surface area (Å²) in [6.45, 7) is 7.43. The molecular formula is C19H34N4O3. The summed E-state index contributed by atoms with van der Waals surface area (Å²) in [6.07, 6.45) is 7.70. The molecule has 3 aliphatic rings. The molecule has 2 saturated heterocycles. The highest BCUT2D eigenvalue weighted by Crippen LogP contribution is 2.27. The van der Waals surface area contributed by atoms with Gasteiger partial charge in [-0.15, -0.1) is 0 Å². The molecule has 3 rings (SSSR count). The van der Waals surface area contributed by atoms with Crippen LogP contribution in [0.4, 0.5) is 0 Å². The first kappa shape index (κ1) is 19.6. The van der Waals surface area contributed by atoms with E-state index in [1.165, 1.54) is 25.7 Å². The summed E-state index contributed by atoms with van der Waals surface area (Å²) < 4.78 is 5.29. The number of carbonyl (C=O) groups is 2. The van der Waals surface area contributed by atoms with E-state index in [1.54, 1.807) is 0 Å². The van der Waals surface area contributed by atoms with E-state index >= 15 is 0 Å². The summed E-state index contributed by atoms with van der Waals surface area (Å²) in [7, 11) is 0. The second kappa shape index (κ2) is 10.2. The molecule has 0 atom stereocenters. The van der Waals surface area contributed by atoms with E-state index in [1.807, 2.05) is 0 Å². The fraction of sp³-hybridized carbons (Fsp3) is 0.895. The molecule has 2 heterocycles. The highest BCUT2D eigenvalue weighted by atomic mass is 16.5. The van der Waals surface area contributed by atoms with Gasteiger partial charge in [0.15, 0.2) is 0 Å². The quantitative estimate of drug-likeness (QED) is 0.657. The third kappa shape index (κ3) is 5.93. The summed E-state index contributed by atoms with van der Waals surface area (Å²) in [5, 5.41) is 5.54. The number of hydrogen-bond acceptors (Lipinski definition) is 5. The van der Waals surface area contributed by atoms with Gasteiger partial charge in [0.05, 0.1) is 13.2 Å². The molecule has 0 radical (unpaired) electrons. The minimum absolute atomic E-state index is 0.495. The first-order valence-corrected chi connectivity index (χ1v) is 10.3. The Morgan fingerprint density at radius 1 is 0.885 bits per heavy atom. The molecule has 0 aromatic carbocycles. The average Bonchev–Trinajstić information content (AvgIpc) is 3.22. The van der Waals surface area contributed by atoms with E-state index in [9.17, 15) is 9.59 Å². The Hall–Kier alpha value is -1.18. The predicted molar refractivity (Wildman–Crippen MR) is 99.8 cm³/mol. The second-order valence-electron chi connectivity index (χ2n) is 7.84. The number of amides is 2. The fourth-order valence-corrected chi connectivity index (χ4v) is 4.34. The van der Waals surface area contributed by atoms with Gasteiger partial charge < -0.3 is 20.3 Å². The molecule has 0 spiro atoms. The van der Waals surface area contributed by atoms with Gasteiger partial charge in [0.1, 0.15) is 0 Å². The SMILES string of the molecule is O=C(NCCN1CCOCC1)C(=O)NCC1CCN(C2CCCC2)CC1. The van der Waals surface area contributed by atoms with Gasteiger partial charge in [-0.25, -0.2) is 0 Å². The molecule has 0 aromatic heterocycles.